The Hall–Kier alpha value is -1.10. The summed E-state index contributed by atoms with van der Waals surface area (Å²) in [6, 6.07) is 0. The van der Waals surface area contributed by atoms with E-state index in [2.05, 4.69) is 5.32 Å². The molecule has 1 fully saturated rings. The molecule has 0 aromatic carbocycles. The first-order chi connectivity index (χ1) is 8.40. The lowest BCUT2D eigenvalue weighted by molar-refractivity contribution is -0.152. The standard InChI is InChI=1S/C13H24N2O3/c1-5-18-13(2,3)12(17)15-7-6-10(9-15)8-11(16)14-4/h10H,5-9H2,1-4H3,(H,14,16). The fourth-order valence-electron chi connectivity index (χ4n) is 2.35. The summed E-state index contributed by atoms with van der Waals surface area (Å²) in [6.45, 7) is 7.37. The molecule has 0 aromatic rings. The third-order valence-corrected chi connectivity index (χ3v) is 3.35. The minimum Gasteiger partial charge on any atom is -0.366 e. The predicted molar refractivity (Wildman–Crippen MR) is 69.1 cm³/mol. The van der Waals surface area contributed by atoms with E-state index >= 15 is 0 Å². The molecule has 1 aliphatic heterocycles. The second kappa shape index (κ2) is 6.18. The van der Waals surface area contributed by atoms with Crippen LogP contribution >= 0.6 is 0 Å². The maximum Gasteiger partial charge on any atom is 0.254 e. The molecule has 0 saturated carbocycles. The van der Waals surface area contributed by atoms with Crippen molar-refractivity contribution in [3.63, 3.8) is 0 Å². The van der Waals surface area contributed by atoms with Gasteiger partial charge in [-0.2, -0.15) is 0 Å². The Morgan fingerprint density at radius 2 is 2.11 bits per heavy atom. The van der Waals surface area contributed by atoms with Crippen LogP contribution in [0.5, 0.6) is 0 Å². The van der Waals surface area contributed by atoms with Gasteiger partial charge in [0.25, 0.3) is 5.91 Å². The molecular formula is C13H24N2O3. The van der Waals surface area contributed by atoms with E-state index in [1.165, 1.54) is 0 Å². The van der Waals surface area contributed by atoms with Gasteiger partial charge in [0, 0.05) is 33.2 Å². The molecule has 1 heterocycles. The van der Waals surface area contributed by atoms with E-state index in [9.17, 15) is 9.59 Å². The van der Waals surface area contributed by atoms with Crippen molar-refractivity contribution in [3.05, 3.63) is 0 Å². The van der Waals surface area contributed by atoms with E-state index < -0.39 is 5.60 Å². The summed E-state index contributed by atoms with van der Waals surface area (Å²) in [5.74, 6) is 0.327. The molecule has 104 valence electrons. The highest BCUT2D eigenvalue weighted by atomic mass is 16.5. The first-order valence-electron chi connectivity index (χ1n) is 6.54. The minimum atomic E-state index is -0.767. The molecule has 2 amide bonds. The largest absolute Gasteiger partial charge is 0.366 e. The third kappa shape index (κ3) is 3.70. The second-order valence-electron chi connectivity index (χ2n) is 5.23. The van der Waals surface area contributed by atoms with E-state index in [0.717, 1.165) is 13.0 Å². The third-order valence-electron chi connectivity index (χ3n) is 3.35. The van der Waals surface area contributed by atoms with Crippen LogP contribution in [0, 0.1) is 5.92 Å². The molecule has 0 aliphatic carbocycles. The molecular weight excluding hydrogens is 232 g/mol. The van der Waals surface area contributed by atoms with Gasteiger partial charge in [-0.25, -0.2) is 0 Å². The summed E-state index contributed by atoms with van der Waals surface area (Å²) >= 11 is 0. The number of carbonyl (C=O) groups is 2. The van der Waals surface area contributed by atoms with E-state index in [1.54, 1.807) is 20.9 Å². The van der Waals surface area contributed by atoms with Gasteiger partial charge in [0.2, 0.25) is 5.91 Å². The van der Waals surface area contributed by atoms with Gasteiger partial charge in [0.05, 0.1) is 0 Å². The number of hydrogen-bond donors (Lipinski definition) is 1. The van der Waals surface area contributed by atoms with Crippen LogP contribution in [0.25, 0.3) is 0 Å². The van der Waals surface area contributed by atoms with Crippen molar-refractivity contribution < 1.29 is 14.3 Å². The Morgan fingerprint density at radius 1 is 1.44 bits per heavy atom. The van der Waals surface area contributed by atoms with Crippen molar-refractivity contribution in [2.45, 2.75) is 39.2 Å². The predicted octanol–water partition coefficient (Wildman–Crippen LogP) is 0.786. The second-order valence-corrected chi connectivity index (χ2v) is 5.23. The van der Waals surface area contributed by atoms with Crippen molar-refractivity contribution in [2.75, 3.05) is 26.7 Å². The fourth-order valence-corrected chi connectivity index (χ4v) is 2.35. The maximum absolute atomic E-state index is 12.3. The molecule has 1 unspecified atom stereocenters. The number of nitrogens with zero attached hydrogens (tertiary/aromatic N) is 1. The number of hydrogen-bond acceptors (Lipinski definition) is 3. The van der Waals surface area contributed by atoms with Gasteiger partial charge in [0.1, 0.15) is 5.60 Å². The van der Waals surface area contributed by atoms with Crippen LogP contribution in [0.4, 0.5) is 0 Å². The lowest BCUT2D eigenvalue weighted by Gasteiger charge is -2.29. The molecule has 1 aliphatic rings. The van der Waals surface area contributed by atoms with E-state index in [4.69, 9.17) is 4.74 Å². The maximum atomic E-state index is 12.3. The lowest BCUT2D eigenvalue weighted by Crippen LogP contribution is -2.46. The zero-order valence-corrected chi connectivity index (χ0v) is 11.8. The van der Waals surface area contributed by atoms with Gasteiger partial charge in [-0.15, -0.1) is 0 Å². The minimum absolute atomic E-state index is 0.0174. The van der Waals surface area contributed by atoms with Crippen molar-refractivity contribution in [1.29, 1.82) is 0 Å². The van der Waals surface area contributed by atoms with Crippen LogP contribution in [0.2, 0.25) is 0 Å². The van der Waals surface area contributed by atoms with Crippen LogP contribution in [0.1, 0.15) is 33.6 Å². The average molecular weight is 256 g/mol. The average Bonchev–Trinajstić information content (AvgIpc) is 2.76. The molecule has 18 heavy (non-hydrogen) atoms. The van der Waals surface area contributed by atoms with Gasteiger partial charge in [-0.3, -0.25) is 9.59 Å². The molecule has 1 saturated heterocycles. The van der Waals surface area contributed by atoms with E-state index in [0.29, 0.717) is 19.6 Å². The van der Waals surface area contributed by atoms with E-state index in [-0.39, 0.29) is 17.7 Å². The van der Waals surface area contributed by atoms with Crippen LogP contribution in [-0.2, 0) is 14.3 Å². The Balaban J connectivity index is 2.51. The van der Waals surface area contributed by atoms with Gasteiger partial charge in [-0.1, -0.05) is 0 Å². The molecule has 1 N–H and O–H groups in total. The first kappa shape index (κ1) is 15.0. The quantitative estimate of drug-likeness (QED) is 0.791. The summed E-state index contributed by atoms with van der Waals surface area (Å²) in [7, 11) is 1.64. The highest BCUT2D eigenvalue weighted by Gasteiger charge is 2.36. The normalized spacial score (nSPS) is 20.0. The summed E-state index contributed by atoms with van der Waals surface area (Å²) < 4.78 is 5.47. The summed E-state index contributed by atoms with van der Waals surface area (Å²) in [6.07, 6.45) is 1.39. The summed E-state index contributed by atoms with van der Waals surface area (Å²) in [5.41, 5.74) is -0.767. The highest BCUT2D eigenvalue weighted by molar-refractivity contribution is 5.84. The molecule has 0 aromatic heterocycles. The van der Waals surface area contributed by atoms with Gasteiger partial charge in [0.15, 0.2) is 0 Å². The first-order valence-corrected chi connectivity index (χ1v) is 6.54. The molecule has 1 atom stereocenters. The van der Waals surface area contributed by atoms with Crippen LogP contribution in [0.3, 0.4) is 0 Å². The van der Waals surface area contributed by atoms with Crippen LogP contribution in [-0.4, -0.2) is 49.1 Å². The zero-order valence-electron chi connectivity index (χ0n) is 11.8. The number of nitrogens with one attached hydrogen (secondary N) is 1. The fraction of sp³-hybridized carbons (Fsp3) is 0.846. The number of carbonyl (C=O) groups excluding carboxylic acids is 2. The van der Waals surface area contributed by atoms with Crippen LogP contribution < -0.4 is 5.32 Å². The van der Waals surface area contributed by atoms with Gasteiger partial charge < -0.3 is 15.0 Å². The van der Waals surface area contributed by atoms with E-state index in [1.807, 2.05) is 11.8 Å². The van der Waals surface area contributed by atoms with Crippen molar-refractivity contribution in [3.8, 4) is 0 Å². The summed E-state index contributed by atoms with van der Waals surface area (Å²) in [5, 5.41) is 2.62. The number of ether oxygens (including phenoxy) is 1. The highest BCUT2D eigenvalue weighted by Crippen LogP contribution is 2.23. The molecule has 0 bridgehead atoms. The van der Waals surface area contributed by atoms with Gasteiger partial charge in [-0.05, 0) is 33.1 Å². The van der Waals surface area contributed by atoms with Crippen LogP contribution in [0.15, 0.2) is 0 Å². The lowest BCUT2D eigenvalue weighted by atomic mass is 10.0. The zero-order chi connectivity index (χ0) is 13.8. The molecule has 5 heteroatoms. The summed E-state index contributed by atoms with van der Waals surface area (Å²) in [4.78, 5) is 25.4. The number of amides is 2. The smallest absolute Gasteiger partial charge is 0.254 e. The molecule has 0 spiro atoms. The topological polar surface area (TPSA) is 58.6 Å². The number of likely N-dealkylation sites (tertiary alicyclic amines) is 1. The Morgan fingerprint density at radius 3 is 2.67 bits per heavy atom. The molecule has 0 radical (unpaired) electrons. The Kier molecular flexibility index (Phi) is 5.14. The van der Waals surface area contributed by atoms with Gasteiger partial charge >= 0.3 is 0 Å². The number of rotatable bonds is 5. The molecule has 5 nitrogen and oxygen atoms in total. The molecule has 1 rings (SSSR count). The van der Waals surface area contributed by atoms with Crippen molar-refractivity contribution in [1.82, 2.24) is 10.2 Å². The Labute approximate surface area is 109 Å². The SMILES string of the molecule is CCOC(C)(C)C(=O)N1CCC(CC(=O)NC)C1. The monoisotopic (exact) mass is 256 g/mol. The Bertz CT molecular complexity index is 315. The van der Waals surface area contributed by atoms with Crippen molar-refractivity contribution in [2.24, 2.45) is 5.92 Å². The van der Waals surface area contributed by atoms with Crippen molar-refractivity contribution >= 4 is 11.8 Å².